The summed E-state index contributed by atoms with van der Waals surface area (Å²) in [6, 6.07) is 8.31. The topological polar surface area (TPSA) is 79.8 Å². The number of fused-ring (bicyclic) bond motifs is 1. The number of hydrogen-bond acceptors (Lipinski definition) is 5. The highest BCUT2D eigenvalue weighted by Gasteiger charge is 2.33. The number of halogens is 2. The third-order valence-corrected chi connectivity index (χ3v) is 6.69. The van der Waals surface area contributed by atoms with Crippen molar-refractivity contribution < 1.29 is 28.2 Å². The molecule has 8 heteroatoms. The molecule has 0 heterocycles. The third-order valence-electron chi connectivity index (χ3n) is 6.69. The van der Waals surface area contributed by atoms with Gasteiger partial charge in [0, 0.05) is 25.1 Å². The van der Waals surface area contributed by atoms with Gasteiger partial charge in [-0.25, -0.2) is 8.78 Å². The maximum atomic E-state index is 13.8. The summed E-state index contributed by atoms with van der Waals surface area (Å²) in [6.07, 6.45) is 5.50. The van der Waals surface area contributed by atoms with Crippen LogP contribution < -0.4 is 15.4 Å². The number of benzene rings is 2. The van der Waals surface area contributed by atoms with E-state index in [9.17, 15) is 18.7 Å². The Morgan fingerprint density at radius 3 is 2.62 bits per heavy atom. The van der Waals surface area contributed by atoms with Gasteiger partial charge in [0.1, 0.15) is 17.4 Å². The molecule has 0 spiro atoms. The van der Waals surface area contributed by atoms with Crippen molar-refractivity contribution in [2.75, 3.05) is 19.8 Å². The summed E-state index contributed by atoms with van der Waals surface area (Å²) < 4.78 is 39.5. The van der Waals surface area contributed by atoms with Gasteiger partial charge in [-0.3, -0.25) is 4.79 Å². The minimum Gasteiger partial charge on any atom is -0.494 e. The minimum absolute atomic E-state index is 0.0755. The number of rotatable bonds is 17. The molecule has 0 aliphatic heterocycles. The number of ether oxygens (including phenoxy) is 2. The van der Waals surface area contributed by atoms with Crippen LogP contribution >= 0.6 is 0 Å². The first-order valence-electron chi connectivity index (χ1n) is 13.6. The number of hydrogen-bond donors (Lipinski definition) is 3. The molecular formula is C31H40F2N2O4. The normalized spacial score (nSPS) is 17.7. The second-order valence-corrected chi connectivity index (χ2v) is 9.85. The Kier molecular flexibility index (Phi) is 12.1. The van der Waals surface area contributed by atoms with Crippen LogP contribution in [-0.2, 0) is 16.0 Å². The first kappa shape index (κ1) is 30.5. The Morgan fingerprint density at radius 2 is 1.92 bits per heavy atom. The molecule has 1 aliphatic carbocycles. The zero-order valence-corrected chi connectivity index (χ0v) is 22.6. The Balaban J connectivity index is 1.74. The molecule has 2 aromatic rings. The molecule has 0 bridgehead atoms. The van der Waals surface area contributed by atoms with Gasteiger partial charge in [0.25, 0.3) is 0 Å². The molecule has 212 valence electrons. The van der Waals surface area contributed by atoms with E-state index in [1.165, 1.54) is 12.1 Å². The molecule has 6 nitrogen and oxygen atoms in total. The SMILES string of the molecule is C=CCCCC(=O)N[C@@H](Cc1cc(F)cc(F)c1)[C@@H](O)CN[C@H]1C[C@@H](OCC=C)c2ccc(OCCC)cc21. The van der Waals surface area contributed by atoms with Crippen LogP contribution in [0.3, 0.4) is 0 Å². The van der Waals surface area contributed by atoms with Gasteiger partial charge in [-0.1, -0.05) is 25.1 Å². The summed E-state index contributed by atoms with van der Waals surface area (Å²) in [5.74, 6) is -0.879. The van der Waals surface area contributed by atoms with E-state index in [4.69, 9.17) is 9.47 Å². The molecule has 0 fully saturated rings. The van der Waals surface area contributed by atoms with Crippen LogP contribution in [0.5, 0.6) is 5.75 Å². The van der Waals surface area contributed by atoms with E-state index in [2.05, 4.69) is 23.8 Å². The average molecular weight is 543 g/mol. The number of aliphatic hydroxyl groups excluding tert-OH is 1. The second-order valence-electron chi connectivity index (χ2n) is 9.85. The average Bonchev–Trinajstić information content (AvgIpc) is 3.25. The van der Waals surface area contributed by atoms with Crippen LogP contribution in [-0.4, -0.2) is 42.9 Å². The second kappa shape index (κ2) is 15.5. The molecule has 39 heavy (non-hydrogen) atoms. The molecule has 0 unspecified atom stereocenters. The molecule has 2 aromatic carbocycles. The standard InChI is InChI=1S/C31H40F2N2O4/c1-4-7-8-9-31(37)35-28(16-21-14-22(32)17-23(33)15-21)29(36)20-34-27-19-30(39-13-6-3)25-11-10-24(18-26(25)27)38-12-5-2/h4,6,10-11,14-15,17-18,27-30,34,36H,1,3,5,7-9,12-13,16,19-20H2,2H3,(H,35,37)/t27-,28-,29-,30+/m0/s1. The lowest BCUT2D eigenvalue weighted by Gasteiger charge is -2.26. The van der Waals surface area contributed by atoms with Gasteiger partial charge in [0.05, 0.1) is 31.5 Å². The van der Waals surface area contributed by atoms with Crippen molar-refractivity contribution in [1.29, 1.82) is 0 Å². The number of carbonyl (C=O) groups is 1. The van der Waals surface area contributed by atoms with Crippen molar-refractivity contribution in [2.24, 2.45) is 0 Å². The van der Waals surface area contributed by atoms with Gasteiger partial charge in [-0.05, 0) is 73.1 Å². The number of aliphatic hydroxyl groups is 1. The maximum absolute atomic E-state index is 13.8. The number of nitrogens with one attached hydrogen (secondary N) is 2. The highest BCUT2D eigenvalue weighted by Crippen LogP contribution is 2.42. The van der Waals surface area contributed by atoms with Crippen molar-refractivity contribution in [1.82, 2.24) is 10.6 Å². The van der Waals surface area contributed by atoms with Gasteiger partial charge in [-0.2, -0.15) is 0 Å². The fraction of sp³-hybridized carbons (Fsp3) is 0.452. The Bertz CT molecular complexity index is 1090. The number of unbranched alkanes of at least 4 members (excludes halogenated alkanes) is 1. The summed E-state index contributed by atoms with van der Waals surface area (Å²) in [5, 5.41) is 17.4. The number of carbonyl (C=O) groups excluding carboxylic acids is 1. The van der Waals surface area contributed by atoms with Gasteiger partial charge < -0.3 is 25.2 Å². The van der Waals surface area contributed by atoms with Crippen LogP contribution in [0.2, 0.25) is 0 Å². The van der Waals surface area contributed by atoms with Gasteiger partial charge in [0.15, 0.2) is 0 Å². The lowest BCUT2D eigenvalue weighted by Crippen LogP contribution is -2.49. The van der Waals surface area contributed by atoms with E-state index < -0.39 is 23.8 Å². The van der Waals surface area contributed by atoms with Gasteiger partial charge in [-0.15, -0.1) is 13.2 Å². The summed E-state index contributed by atoms with van der Waals surface area (Å²) >= 11 is 0. The fourth-order valence-electron chi connectivity index (χ4n) is 4.82. The van der Waals surface area contributed by atoms with Crippen molar-refractivity contribution in [3.63, 3.8) is 0 Å². The summed E-state index contributed by atoms with van der Waals surface area (Å²) in [4.78, 5) is 12.6. The van der Waals surface area contributed by atoms with E-state index in [-0.39, 0.29) is 37.4 Å². The predicted molar refractivity (Wildman–Crippen MR) is 149 cm³/mol. The van der Waals surface area contributed by atoms with E-state index >= 15 is 0 Å². The largest absolute Gasteiger partial charge is 0.494 e. The molecule has 1 aliphatic rings. The number of allylic oxidation sites excluding steroid dienone is 1. The van der Waals surface area contributed by atoms with E-state index in [0.29, 0.717) is 38.0 Å². The van der Waals surface area contributed by atoms with Crippen molar-refractivity contribution in [3.05, 3.63) is 90.0 Å². The van der Waals surface area contributed by atoms with Gasteiger partial charge >= 0.3 is 0 Å². The van der Waals surface area contributed by atoms with Crippen molar-refractivity contribution >= 4 is 5.91 Å². The van der Waals surface area contributed by atoms with Crippen LogP contribution in [0.25, 0.3) is 0 Å². The number of amides is 1. The molecule has 3 N–H and O–H groups in total. The monoisotopic (exact) mass is 542 g/mol. The molecule has 1 amide bonds. The minimum atomic E-state index is -1.02. The Hall–Kier alpha value is -3.07. The molecule has 0 radical (unpaired) electrons. The van der Waals surface area contributed by atoms with Crippen LogP contribution in [0.15, 0.2) is 61.7 Å². The molecule has 0 saturated heterocycles. The van der Waals surface area contributed by atoms with Crippen molar-refractivity contribution in [3.8, 4) is 5.75 Å². The van der Waals surface area contributed by atoms with E-state index in [1.807, 2.05) is 25.1 Å². The van der Waals surface area contributed by atoms with Crippen LogP contribution in [0, 0.1) is 11.6 Å². The maximum Gasteiger partial charge on any atom is 0.220 e. The highest BCUT2D eigenvalue weighted by molar-refractivity contribution is 5.76. The van der Waals surface area contributed by atoms with Gasteiger partial charge in [0.2, 0.25) is 5.91 Å². The first-order valence-corrected chi connectivity index (χ1v) is 13.6. The lowest BCUT2D eigenvalue weighted by molar-refractivity contribution is -0.122. The smallest absolute Gasteiger partial charge is 0.220 e. The molecule has 3 rings (SSSR count). The van der Waals surface area contributed by atoms with Crippen LogP contribution in [0.1, 0.15) is 67.9 Å². The third kappa shape index (κ3) is 9.27. The first-order chi connectivity index (χ1) is 18.8. The van der Waals surface area contributed by atoms with Crippen LogP contribution in [0.4, 0.5) is 8.78 Å². The quantitative estimate of drug-likeness (QED) is 0.182. The zero-order chi connectivity index (χ0) is 28.2. The molecule has 0 aromatic heterocycles. The summed E-state index contributed by atoms with van der Waals surface area (Å²) in [7, 11) is 0. The van der Waals surface area contributed by atoms with Crippen molar-refractivity contribution in [2.45, 2.75) is 69.7 Å². The summed E-state index contributed by atoms with van der Waals surface area (Å²) in [6.45, 7) is 10.6. The Labute approximate surface area is 230 Å². The predicted octanol–water partition coefficient (Wildman–Crippen LogP) is 5.48. The summed E-state index contributed by atoms with van der Waals surface area (Å²) in [5.41, 5.74) is 2.43. The lowest BCUT2D eigenvalue weighted by atomic mass is 9.99. The van der Waals surface area contributed by atoms with E-state index in [1.54, 1.807) is 12.2 Å². The fourth-order valence-corrected chi connectivity index (χ4v) is 4.82. The molecule has 0 saturated carbocycles. The zero-order valence-electron chi connectivity index (χ0n) is 22.6. The molecule has 4 atom stereocenters. The Morgan fingerprint density at radius 1 is 1.15 bits per heavy atom. The highest BCUT2D eigenvalue weighted by atomic mass is 19.1. The molecular weight excluding hydrogens is 502 g/mol. The van der Waals surface area contributed by atoms with E-state index in [0.717, 1.165) is 29.4 Å².